The maximum atomic E-state index is 13.0. The molecular formula is C16H16F3N3O2S. The fraction of sp³-hybridized carbons (Fsp3) is 0.312. The zero-order valence-electron chi connectivity index (χ0n) is 13.1. The van der Waals surface area contributed by atoms with Gasteiger partial charge >= 0.3 is 6.18 Å². The minimum Gasteiger partial charge on any atom is -0.340 e. The first-order valence-corrected chi connectivity index (χ1v) is 9.12. The second-order valence-electron chi connectivity index (χ2n) is 5.66. The zero-order chi connectivity index (χ0) is 18.1. The van der Waals surface area contributed by atoms with Crippen molar-refractivity contribution in [3.63, 3.8) is 0 Å². The average molecular weight is 371 g/mol. The standard InChI is InChI=1S/C16H16F3N3O2S/c17-16(18,19)13-5-1-2-6-14(13)21-15-8-7-12(11-20-15)25(23,24)22-9-3-4-10-22/h1-2,5-8,11H,3-4,9-10H2,(H,20,21). The molecule has 1 aliphatic rings. The zero-order valence-corrected chi connectivity index (χ0v) is 13.9. The molecule has 3 rings (SSSR count). The van der Waals surface area contributed by atoms with E-state index in [9.17, 15) is 21.6 Å². The van der Waals surface area contributed by atoms with Crippen molar-refractivity contribution in [1.29, 1.82) is 0 Å². The SMILES string of the molecule is O=S(=O)(c1ccc(Nc2ccccc2C(F)(F)F)nc1)N1CCCC1. The van der Waals surface area contributed by atoms with Crippen LogP contribution < -0.4 is 5.32 Å². The first kappa shape index (κ1) is 17.7. The van der Waals surface area contributed by atoms with Crippen LogP contribution in [0.3, 0.4) is 0 Å². The van der Waals surface area contributed by atoms with Crippen molar-refractivity contribution in [2.24, 2.45) is 0 Å². The van der Waals surface area contributed by atoms with Crippen molar-refractivity contribution in [3.8, 4) is 0 Å². The number of sulfonamides is 1. The molecule has 0 bridgehead atoms. The predicted octanol–water partition coefficient (Wildman–Crippen LogP) is 3.63. The maximum absolute atomic E-state index is 13.0. The van der Waals surface area contributed by atoms with Crippen LogP contribution in [0.4, 0.5) is 24.7 Å². The molecule has 1 aromatic heterocycles. The van der Waals surface area contributed by atoms with E-state index in [0.29, 0.717) is 13.1 Å². The Morgan fingerprint density at radius 2 is 1.72 bits per heavy atom. The van der Waals surface area contributed by atoms with E-state index in [-0.39, 0.29) is 16.4 Å². The number of anilines is 2. The molecule has 1 aromatic carbocycles. The summed E-state index contributed by atoms with van der Waals surface area (Å²) in [5.74, 6) is 0.136. The first-order chi connectivity index (χ1) is 11.8. The number of hydrogen-bond donors (Lipinski definition) is 1. The van der Waals surface area contributed by atoms with Crippen molar-refractivity contribution in [2.75, 3.05) is 18.4 Å². The van der Waals surface area contributed by atoms with E-state index in [1.807, 2.05) is 0 Å². The number of aromatic nitrogens is 1. The van der Waals surface area contributed by atoms with Gasteiger partial charge in [-0.1, -0.05) is 12.1 Å². The minimum atomic E-state index is -4.50. The van der Waals surface area contributed by atoms with Crippen molar-refractivity contribution in [2.45, 2.75) is 23.9 Å². The van der Waals surface area contributed by atoms with E-state index in [0.717, 1.165) is 25.1 Å². The van der Waals surface area contributed by atoms with Gasteiger partial charge in [0.1, 0.15) is 10.7 Å². The van der Waals surface area contributed by atoms with Crippen LogP contribution in [0.1, 0.15) is 18.4 Å². The molecule has 25 heavy (non-hydrogen) atoms. The van der Waals surface area contributed by atoms with Gasteiger partial charge in [-0.2, -0.15) is 17.5 Å². The second kappa shape index (κ2) is 6.64. The smallest absolute Gasteiger partial charge is 0.340 e. The molecule has 0 aliphatic carbocycles. The van der Waals surface area contributed by atoms with Crippen molar-refractivity contribution in [3.05, 3.63) is 48.2 Å². The first-order valence-electron chi connectivity index (χ1n) is 7.68. The summed E-state index contributed by atoms with van der Waals surface area (Å²) < 4.78 is 65.2. The highest BCUT2D eigenvalue weighted by atomic mass is 32.2. The van der Waals surface area contributed by atoms with E-state index in [1.165, 1.54) is 34.6 Å². The number of rotatable bonds is 4. The summed E-state index contributed by atoms with van der Waals surface area (Å²) in [5.41, 5.74) is -0.955. The average Bonchev–Trinajstić information content (AvgIpc) is 3.10. The Morgan fingerprint density at radius 3 is 2.32 bits per heavy atom. The molecule has 0 amide bonds. The topological polar surface area (TPSA) is 62.3 Å². The van der Waals surface area contributed by atoms with Crippen LogP contribution in [0.25, 0.3) is 0 Å². The fourth-order valence-electron chi connectivity index (χ4n) is 2.66. The van der Waals surface area contributed by atoms with Crippen molar-refractivity contribution in [1.82, 2.24) is 9.29 Å². The molecule has 1 aliphatic heterocycles. The normalized spacial score (nSPS) is 16.1. The number of benzene rings is 1. The maximum Gasteiger partial charge on any atom is 0.418 e. The Kier molecular flexibility index (Phi) is 4.70. The lowest BCUT2D eigenvalue weighted by molar-refractivity contribution is -0.136. The highest BCUT2D eigenvalue weighted by molar-refractivity contribution is 7.89. The molecule has 0 saturated carbocycles. The highest BCUT2D eigenvalue weighted by Crippen LogP contribution is 2.35. The number of pyridine rings is 1. The van der Waals surface area contributed by atoms with Gasteiger partial charge in [0.25, 0.3) is 0 Å². The lowest BCUT2D eigenvalue weighted by Crippen LogP contribution is -2.27. The number of nitrogens with zero attached hydrogens (tertiary/aromatic N) is 2. The van der Waals surface area contributed by atoms with Gasteiger partial charge in [0.2, 0.25) is 10.0 Å². The Hall–Kier alpha value is -2.13. The number of alkyl halides is 3. The van der Waals surface area contributed by atoms with Crippen LogP contribution in [-0.2, 0) is 16.2 Å². The third-order valence-corrected chi connectivity index (χ3v) is 5.82. The Balaban J connectivity index is 1.83. The summed E-state index contributed by atoms with van der Waals surface area (Å²) in [6.45, 7) is 0.947. The van der Waals surface area contributed by atoms with Crippen LogP contribution in [0.5, 0.6) is 0 Å². The monoisotopic (exact) mass is 371 g/mol. The summed E-state index contributed by atoms with van der Waals surface area (Å²) in [5, 5.41) is 2.59. The van der Waals surface area contributed by atoms with Crippen LogP contribution in [0, 0.1) is 0 Å². The van der Waals surface area contributed by atoms with Crippen LogP contribution in [0.2, 0.25) is 0 Å². The van der Waals surface area contributed by atoms with E-state index in [4.69, 9.17) is 0 Å². The molecule has 0 radical (unpaired) electrons. The summed E-state index contributed by atoms with van der Waals surface area (Å²) in [4.78, 5) is 3.98. The van der Waals surface area contributed by atoms with Crippen molar-refractivity contribution >= 4 is 21.5 Å². The van der Waals surface area contributed by atoms with E-state index < -0.39 is 21.8 Å². The Bertz CT molecular complexity index is 846. The van der Waals surface area contributed by atoms with Crippen molar-refractivity contribution < 1.29 is 21.6 Å². The van der Waals surface area contributed by atoms with Crippen LogP contribution in [-0.4, -0.2) is 30.8 Å². The molecule has 1 saturated heterocycles. The second-order valence-corrected chi connectivity index (χ2v) is 7.60. The molecular weight excluding hydrogens is 355 g/mol. The molecule has 2 aromatic rings. The molecule has 5 nitrogen and oxygen atoms in total. The molecule has 0 spiro atoms. The Morgan fingerprint density at radius 1 is 1.04 bits per heavy atom. The van der Waals surface area contributed by atoms with Crippen LogP contribution in [0.15, 0.2) is 47.5 Å². The lowest BCUT2D eigenvalue weighted by Gasteiger charge is -2.16. The van der Waals surface area contributed by atoms with Crippen LogP contribution >= 0.6 is 0 Å². The summed E-state index contributed by atoms with van der Waals surface area (Å²) in [7, 11) is -3.60. The Labute approximate surface area is 143 Å². The van der Waals surface area contributed by atoms with Gasteiger partial charge in [-0.25, -0.2) is 13.4 Å². The number of para-hydroxylation sites is 1. The third kappa shape index (κ3) is 3.77. The summed E-state index contributed by atoms with van der Waals surface area (Å²) >= 11 is 0. The number of hydrogen-bond acceptors (Lipinski definition) is 4. The van der Waals surface area contributed by atoms with Gasteiger partial charge in [0.05, 0.1) is 11.3 Å². The molecule has 0 unspecified atom stereocenters. The molecule has 2 heterocycles. The largest absolute Gasteiger partial charge is 0.418 e. The molecule has 1 fully saturated rings. The third-order valence-electron chi connectivity index (χ3n) is 3.93. The number of halogens is 3. The van der Waals surface area contributed by atoms with Gasteiger partial charge in [0.15, 0.2) is 0 Å². The molecule has 0 atom stereocenters. The highest BCUT2D eigenvalue weighted by Gasteiger charge is 2.33. The minimum absolute atomic E-state index is 0.0315. The lowest BCUT2D eigenvalue weighted by atomic mass is 10.1. The molecule has 134 valence electrons. The fourth-order valence-corrected chi connectivity index (χ4v) is 4.12. The van der Waals surface area contributed by atoms with Gasteiger partial charge in [0, 0.05) is 19.3 Å². The summed E-state index contributed by atoms with van der Waals surface area (Å²) in [6.07, 6.45) is -1.70. The predicted molar refractivity (Wildman–Crippen MR) is 87.0 cm³/mol. The summed E-state index contributed by atoms with van der Waals surface area (Å²) in [6, 6.07) is 7.74. The van der Waals surface area contributed by atoms with E-state index >= 15 is 0 Å². The van der Waals surface area contributed by atoms with Gasteiger partial charge in [-0.15, -0.1) is 0 Å². The van der Waals surface area contributed by atoms with Gasteiger partial charge < -0.3 is 5.32 Å². The van der Waals surface area contributed by atoms with Gasteiger partial charge in [-0.3, -0.25) is 0 Å². The number of nitrogens with one attached hydrogen (secondary N) is 1. The van der Waals surface area contributed by atoms with Gasteiger partial charge in [-0.05, 0) is 37.1 Å². The van der Waals surface area contributed by atoms with E-state index in [1.54, 1.807) is 0 Å². The quantitative estimate of drug-likeness (QED) is 0.892. The van der Waals surface area contributed by atoms with E-state index in [2.05, 4.69) is 10.3 Å². The molecule has 1 N–H and O–H groups in total. The molecule has 9 heteroatoms.